The molecule has 2 aromatic rings. The van der Waals surface area contributed by atoms with Crippen LogP contribution < -0.4 is 14.8 Å². The maximum absolute atomic E-state index is 12.4. The lowest BCUT2D eigenvalue weighted by atomic mass is 9.73. The first-order valence-electron chi connectivity index (χ1n) is 8.04. The van der Waals surface area contributed by atoms with Gasteiger partial charge in [-0.05, 0) is 34.9 Å². The van der Waals surface area contributed by atoms with Crippen LogP contribution in [0.25, 0.3) is 0 Å². The van der Waals surface area contributed by atoms with Crippen molar-refractivity contribution in [3.63, 3.8) is 0 Å². The Bertz CT molecular complexity index is 862. The highest BCUT2D eigenvalue weighted by Crippen LogP contribution is 2.60. The highest BCUT2D eigenvalue weighted by atomic mass is 16.5. The fourth-order valence-electron chi connectivity index (χ4n) is 4.39. The molecule has 2 unspecified atom stereocenters. The van der Waals surface area contributed by atoms with Gasteiger partial charge in [0.05, 0.1) is 26.4 Å². The van der Waals surface area contributed by atoms with Gasteiger partial charge in [0.25, 0.3) is 5.91 Å². The van der Waals surface area contributed by atoms with Crippen molar-refractivity contribution in [3.05, 3.63) is 58.7 Å². The topological polar surface area (TPSA) is 56.8 Å². The predicted octanol–water partition coefficient (Wildman–Crippen LogP) is 2.73. The van der Waals surface area contributed by atoms with Crippen LogP contribution in [-0.2, 0) is 4.74 Å². The van der Waals surface area contributed by atoms with E-state index >= 15 is 0 Å². The van der Waals surface area contributed by atoms with Gasteiger partial charge >= 0.3 is 0 Å². The van der Waals surface area contributed by atoms with Crippen LogP contribution in [0.4, 0.5) is 0 Å². The smallest absolute Gasteiger partial charge is 0.251 e. The van der Waals surface area contributed by atoms with Gasteiger partial charge in [-0.25, -0.2) is 0 Å². The van der Waals surface area contributed by atoms with E-state index in [9.17, 15) is 4.79 Å². The van der Waals surface area contributed by atoms with Crippen LogP contribution in [0.15, 0.2) is 36.4 Å². The number of hydrogen-bond acceptors (Lipinski definition) is 4. The second-order valence-electron chi connectivity index (χ2n) is 6.43. The minimum atomic E-state index is -0.146. The van der Waals surface area contributed by atoms with Gasteiger partial charge < -0.3 is 19.5 Å². The summed E-state index contributed by atoms with van der Waals surface area (Å²) >= 11 is 0. The van der Waals surface area contributed by atoms with Crippen molar-refractivity contribution in [1.82, 2.24) is 5.32 Å². The molecule has 3 aliphatic heterocycles. The summed E-state index contributed by atoms with van der Waals surface area (Å²) in [5.74, 6) is 1.50. The third kappa shape index (κ3) is 1.60. The quantitative estimate of drug-likeness (QED) is 0.923. The number of methoxy groups -OCH3 is 2. The third-order valence-corrected chi connectivity index (χ3v) is 5.40. The van der Waals surface area contributed by atoms with Gasteiger partial charge in [0.2, 0.25) is 0 Å². The number of nitrogens with one attached hydrogen (secondary N) is 1. The van der Waals surface area contributed by atoms with Crippen molar-refractivity contribution >= 4 is 5.91 Å². The van der Waals surface area contributed by atoms with Crippen molar-refractivity contribution in [2.45, 2.75) is 24.2 Å². The van der Waals surface area contributed by atoms with Gasteiger partial charge in [0, 0.05) is 11.5 Å². The van der Waals surface area contributed by atoms with Crippen molar-refractivity contribution in [2.24, 2.45) is 0 Å². The predicted molar refractivity (Wildman–Crippen MR) is 86.6 cm³/mol. The molecule has 1 saturated heterocycles. The van der Waals surface area contributed by atoms with Crippen LogP contribution in [0.1, 0.15) is 45.2 Å². The molecule has 122 valence electrons. The van der Waals surface area contributed by atoms with Crippen molar-refractivity contribution < 1.29 is 19.0 Å². The molecule has 5 rings (SSSR count). The maximum Gasteiger partial charge on any atom is 0.251 e. The Balaban J connectivity index is 1.67. The molecule has 3 aliphatic rings. The van der Waals surface area contributed by atoms with E-state index in [1.54, 1.807) is 14.2 Å². The van der Waals surface area contributed by atoms with Crippen LogP contribution >= 0.6 is 0 Å². The summed E-state index contributed by atoms with van der Waals surface area (Å²) < 4.78 is 17.1. The third-order valence-electron chi connectivity index (χ3n) is 5.40. The van der Waals surface area contributed by atoms with E-state index in [0.29, 0.717) is 11.5 Å². The maximum atomic E-state index is 12.4. The zero-order chi connectivity index (χ0) is 16.4. The van der Waals surface area contributed by atoms with Crippen LogP contribution in [0.2, 0.25) is 0 Å². The molecule has 4 atom stereocenters. The Morgan fingerprint density at radius 3 is 2.33 bits per heavy atom. The average Bonchev–Trinajstić information content (AvgIpc) is 3.17. The second-order valence-corrected chi connectivity index (χ2v) is 6.43. The molecule has 1 amide bonds. The summed E-state index contributed by atoms with van der Waals surface area (Å²) in [5, 5.41) is 3.14. The summed E-state index contributed by atoms with van der Waals surface area (Å²) in [4.78, 5) is 12.4. The molecule has 0 saturated carbocycles. The fraction of sp³-hybridized carbons (Fsp3) is 0.316. The molecule has 0 radical (unpaired) electrons. The molecule has 5 heteroatoms. The van der Waals surface area contributed by atoms with Gasteiger partial charge in [0.1, 0.15) is 6.10 Å². The zero-order valence-electron chi connectivity index (χ0n) is 13.4. The molecular formula is C19H17NO4. The van der Waals surface area contributed by atoms with E-state index < -0.39 is 0 Å². The van der Waals surface area contributed by atoms with E-state index in [-0.39, 0.29) is 30.1 Å². The van der Waals surface area contributed by atoms with Gasteiger partial charge in [0.15, 0.2) is 11.5 Å². The minimum Gasteiger partial charge on any atom is -0.493 e. The van der Waals surface area contributed by atoms with Gasteiger partial charge in [-0.15, -0.1) is 0 Å². The number of hydrogen-bond donors (Lipinski definition) is 1. The first-order valence-corrected chi connectivity index (χ1v) is 8.04. The minimum absolute atomic E-state index is 0.0231. The Kier molecular flexibility index (Phi) is 2.74. The number of benzene rings is 2. The molecule has 24 heavy (non-hydrogen) atoms. The second kappa shape index (κ2) is 4.74. The van der Waals surface area contributed by atoms with E-state index in [4.69, 9.17) is 14.2 Å². The number of ether oxygens (including phenoxy) is 3. The number of amides is 1. The Morgan fingerprint density at radius 2 is 1.62 bits per heavy atom. The molecule has 0 spiro atoms. The summed E-state index contributed by atoms with van der Waals surface area (Å²) in [7, 11) is 3.26. The van der Waals surface area contributed by atoms with Crippen LogP contribution in [0.5, 0.6) is 11.5 Å². The Hall–Kier alpha value is -2.53. The van der Waals surface area contributed by atoms with Crippen LogP contribution in [0.3, 0.4) is 0 Å². The summed E-state index contributed by atoms with van der Waals surface area (Å²) in [6.07, 6.45) is -0.219. The number of fused-ring (bicyclic) bond motifs is 10. The molecule has 2 aromatic carbocycles. The highest BCUT2D eigenvalue weighted by molar-refractivity contribution is 5.97. The van der Waals surface area contributed by atoms with E-state index in [2.05, 4.69) is 5.32 Å². The molecular weight excluding hydrogens is 306 g/mol. The SMILES string of the molecule is COc1cc2c(cc1OC)[C@@H]1O[C@H]2C2c3ccccc3C(=O)NC21. The van der Waals surface area contributed by atoms with Gasteiger partial charge in [-0.3, -0.25) is 4.79 Å². The molecule has 5 nitrogen and oxygen atoms in total. The summed E-state index contributed by atoms with van der Waals surface area (Å²) in [5.41, 5.74) is 4.03. The van der Waals surface area contributed by atoms with Crippen LogP contribution in [-0.4, -0.2) is 26.2 Å². The Labute approximate surface area is 139 Å². The first kappa shape index (κ1) is 13.9. The lowest BCUT2D eigenvalue weighted by molar-refractivity contribution is 0.0611. The lowest BCUT2D eigenvalue weighted by Crippen LogP contribution is -2.46. The monoisotopic (exact) mass is 323 g/mol. The fourth-order valence-corrected chi connectivity index (χ4v) is 4.39. The normalized spacial score (nSPS) is 28.7. The molecule has 0 aromatic heterocycles. The van der Waals surface area contributed by atoms with E-state index in [0.717, 1.165) is 22.3 Å². The van der Waals surface area contributed by atoms with Gasteiger partial charge in [-0.1, -0.05) is 18.2 Å². The van der Waals surface area contributed by atoms with Gasteiger partial charge in [-0.2, -0.15) is 0 Å². The summed E-state index contributed by atoms with van der Waals surface area (Å²) in [6, 6.07) is 11.7. The summed E-state index contributed by atoms with van der Waals surface area (Å²) in [6.45, 7) is 0. The standard InChI is InChI=1S/C19H17NO4/c1-22-13-7-11-12(8-14(13)23-2)18-16-15(17(11)24-18)9-5-3-4-6-10(9)19(21)20-16/h3-8,15-18H,1-2H3,(H,20,21)/t15?,16?,17-,18+/m1/s1. The highest BCUT2D eigenvalue weighted by Gasteiger charge is 2.56. The van der Waals surface area contributed by atoms with Crippen molar-refractivity contribution in [1.29, 1.82) is 0 Å². The van der Waals surface area contributed by atoms with Crippen LogP contribution in [0, 0.1) is 0 Å². The van der Waals surface area contributed by atoms with Crippen molar-refractivity contribution in [3.8, 4) is 11.5 Å². The zero-order valence-corrected chi connectivity index (χ0v) is 13.4. The molecule has 2 bridgehead atoms. The molecule has 1 N–H and O–H groups in total. The number of carbonyl (C=O) groups excluding carboxylic acids is 1. The molecule has 3 heterocycles. The van der Waals surface area contributed by atoms with E-state index in [1.807, 2.05) is 36.4 Å². The molecule has 0 aliphatic carbocycles. The first-order chi connectivity index (χ1) is 11.7. The van der Waals surface area contributed by atoms with E-state index in [1.165, 1.54) is 0 Å². The largest absolute Gasteiger partial charge is 0.493 e. The number of carbonyl (C=O) groups is 1. The number of rotatable bonds is 2. The Morgan fingerprint density at radius 1 is 0.958 bits per heavy atom. The average molecular weight is 323 g/mol. The lowest BCUT2D eigenvalue weighted by Gasteiger charge is -2.35. The molecule has 1 fully saturated rings. The van der Waals surface area contributed by atoms with Crippen molar-refractivity contribution in [2.75, 3.05) is 14.2 Å².